The van der Waals surface area contributed by atoms with Gasteiger partial charge in [0.15, 0.2) is 11.5 Å². The minimum atomic E-state index is -0.361. The zero-order chi connectivity index (χ0) is 21.5. The van der Waals surface area contributed by atoms with Crippen LogP contribution >= 0.6 is 11.3 Å². The molecule has 156 valence electrons. The van der Waals surface area contributed by atoms with Gasteiger partial charge in [-0.25, -0.2) is 0 Å². The van der Waals surface area contributed by atoms with Crippen molar-refractivity contribution in [2.75, 3.05) is 26.6 Å². The van der Waals surface area contributed by atoms with Crippen LogP contribution < -0.4 is 24.8 Å². The van der Waals surface area contributed by atoms with Crippen molar-refractivity contribution in [3.63, 3.8) is 0 Å². The van der Waals surface area contributed by atoms with Crippen molar-refractivity contribution in [1.29, 1.82) is 0 Å². The van der Waals surface area contributed by atoms with Crippen molar-refractivity contribution >= 4 is 28.8 Å². The quantitative estimate of drug-likeness (QED) is 0.567. The normalized spacial score (nSPS) is 10.2. The second-order valence-corrected chi connectivity index (χ2v) is 6.98. The number of amides is 2. The maximum absolute atomic E-state index is 12.5. The fourth-order valence-corrected chi connectivity index (χ4v) is 3.27. The first-order chi connectivity index (χ1) is 14.5. The lowest BCUT2D eigenvalue weighted by Crippen LogP contribution is -2.22. The van der Waals surface area contributed by atoms with E-state index in [-0.39, 0.29) is 23.4 Å². The summed E-state index contributed by atoms with van der Waals surface area (Å²) in [5.41, 5.74) is 0.992. The third-order valence-electron chi connectivity index (χ3n) is 4.02. The zero-order valence-corrected chi connectivity index (χ0v) is 17.4. The van der Waals surface area contributed by atoms with E-state index in [0.717, 1.165) is 11.3 Å². The molecule has 0 saturated carbocycles. The fourth-order valence-electron chi connectivity index (χ4n) is 2.59. The van der Waals surface area contributed by atoms with E-state index >= 15 is 0 Å². The number of carbonyl (C=O) groups is 2. The average Bonchev–Trinajstić information content (AvgIpc) is 3.26. The number of benzene rings is 2. The molecule has 0 radical (unpaired) electrons. The highest BCUT2D eigenvalue weighted by molar-refractivity contribution is 7.13. The highest BCUT2D eigenvalue weighted by atomic mass is 32.1. The molecule has 9 nitrogen and oxygen atoms in total. The number of hydrogen-bond acceptors (Lipinski definition) is 8. The van der Waals surface area contributed by atoms with Gasteiger partial charge >= 0.3 is 0 Å². The van der Waals surface area contributed by atoms with E-state index in [1.54, 1.807) is 24.3 Å². The summed E-state index contributed by atoms with van der Waals surface area (Å²) >= 11 is 1.10. The van der Waals surface area contributed by atoms with Gasteiger partial charge in [0, 0.05) is 11.3 Å². The maximum atomic E-state index is 12.5. The first-order valence-corrected chi connectivity index (χ1v) is 9.64. The smallest absolute Gasteiger partial charge is 0.286 e. The van der Waals surface area contributed by atoms with Gasteiger partial charge in [0.05, 0.1) is 27.9 Å². The minimum absolute atomic E-state index is 0.117. The molecule has 0 spiro atoms. The predicted octanol–water partition coefficient (Wildman–Crippen LogP) is 2.75. The Hall–Kier alpha value is -3.66. The van der Waals surface area contributed by atoms with Crippen LogP contribution in [0.5, 0.6) is 17.2 Å². The van der Waals surface area contributed by atoms with E-state index in [2.05, 4.69) is 20.8 Å². The van der Waals surface area contributed by atoms with Crippen molar-refractivity contribution in [1.82, 2.24) is 15.5 Å². The molecule has 2 N–H and O–H groups in total. The Morgan fingerprint density at radius 3 is 2.20 bits per heavy atom. The summed E-state index contributed by atoms with van der Waals surface area (Å²) in [5, 5.41) is 14.0. The van der Waals surface area contributed by atoms with E-state index in [1.807, 2.05) is 18.2 Å². The lowest BCUT2D eigenvalue weighted by molar-refractivity contribution is 0.0949. The first-order valence-electron chi connectivity index (χ1n) is 8.82. The SMILES string of the molecule is COc1cc(C(=O)NCc2nnc(C(=O)Nc3ccccc3)s2)cc(OC)c1OC. The minimum Gasteiger partial charge on any atom is -0.493 e. The molecule has 30 heavy (non-hydrogen) atoms. The summed E-state index contributed by atoms with van der Waals surface area (Å²) in [6, 6.07) is 12.1. The highest BCUT2D eigenvalue weighted by Crippen LogP contribution is 2.38. The van der Waals surface area contributed by atoms with Gasteiger partial charge in [0.1, 0.15) is 5.01 Å². The topological polar surface area (TPSA) is 112 Å². The Kier molecular flexibility index (Phi) is 6.81. The fraction of sp³-hybridized carbons (Fsp3) is 0.200. The van der Waals surface area contributed by atoms with Gasteiger partial charge < -0.3 is 24.8 Å². The molecule has 0 bridgehead atoms. The van der Waals surface area contributed by atoms with Crippen molar-refractivity contribution in [3.05, 3.63) is 58.0 Å². The molecule has 0 aliphatic carbocycles. The number of aromatic nitrogens is 2. The average molecular weight is 428 g/mol. The molecule has 0 aliphatic rings. The number of rotatable bonds is 8. The predicted molar refractivity (Wildman–Crippen MR) is 112 cm³/mol. The molecule has 1 aromatic heterocycles. The lowest BCUT2D eigenvalue weighted by Gasteiger charge is -2.13. The molecule has 0 unspecified atom stereocenters. The molecule has 0 atom stereocenters. The van der Waals surface area contributed by atoms with Crippen LogP contribution in [-0.4, -0.2) is 43.3 Å². The van der Waals surface area contributed by atoms with Gasteiger partial charge in [0.2, 0.25) is 10.8 Å². The van der Waals surface area contributed by atoms with Gasteiger partial charge in [-0.05, 0) is 24.3 Å². The molecule has 0 saturated heterocycles. The third kappa shape index (κ3) is 4.84. The van der Waals surface area contributed by atoms with Crippen LogP contribution in [0.3, 0.4) is 0 Å². The largest absolute Gasteiger partial charge is 0.493 e. The lowest BCUT2D eigenvalue weighted by atomic mass is 10.1. The summed E-state index contributed by atoms with van der Waals surface area (Å²) in [7, 11) is 4.44. The van der Waals surface area contributed by atoms with Crippen LogP contribution in [0.4, 0.5) is 5.69 Å². The molecular weight excluding hydrogens is 408 g/mol. The van der Waals surface area contributed by atoms with Crippen molar-refractivity contribution in [3.8, 4) is 17.2 Å². The number of ether oxygens (including phenoxy) is 3. The molecule has 1 heterocycles. The van der Waals surface area contributed by atoms with Gasteiger partial charge in [-0.3, -0.25) is 9.59 Å². The van der Waals surface area contributed by atoms with E-state index in [4.69, 9.17) is 14.2 Å². The Morgan fingerprint density at radius 2 is 1.60 bits per heavy atom. The summed E-state index contributed by atoms with van der Waals surface area (Å²) in [6.07, 6.45) is 0. The van der Waals surface area contributed by atoms with Gasteiger partial charge in [-0.15, -0.1) is 10.2 Å². The molecule has 0 aliphatic heterocycles. The van der Waals surface area contributed by atoms with Crippen LogP contribution in [0, 0.1) is 0 Å². The van der Waals surface area contributed by atoms with Crippen LogP contribution in [0.2, 0.25) is 0 Å². The molecule has 2 amide bonds. The van der Waals surface area contributed by atoms with Crippen molar-refractivity contribution in [2.24, 2.45) is 0 Å². The standard InChI is InChI=1S/C20H20N4O5S/c1-27-14-9-12(10-15(28-2)17(14)29-3)18(25)21-11-16-23-24-20(30-16)19(26)22-13-7-5-4-6-8-13/h4-10H,11H2,1-3H3,(H,21,25)(H,22,26). The molecule has 0 fully saturated rings. The number of anilines is 1. The monoisotopic (exact) mass is 428 g/mol. The number of methoxy groups -OCH3 is 3. The van der Waals surface area contributed by atoms with Crippen LogP contribution in [0.1, 0.15) is 25.2 Å². The summed E-state index contributed by atoms with van der Waals surface area (Å²) in [5.74, 6) is 0.422. The van der Waals surface area contributed by atoms with Crippen LogP contribution in [0.25, 0.3) is 0 Å². The second kappa shape index (κ2) is 9.70. The van der Waals surface area contributed by atoms with Crippen molar-refractivity contribution in [2.45, 2.75) is 6.54 Å². The molecule has 10 heteroatoms. The van der Waals surface area contributed by atoms with E-state index < -0.39 is 0 Å². The van der Waals surface area contributed by atoms with Crippen LogP contribution in [0.15, 0.2) is 42.5 Å². The highest BCUT2D eigenvalue weighted by Gasteiger charge is 2.18. The zero-order valence-electron chi connectivity index (χ0n) is 16.6. The number of hydrogen-bond donors (Lipinski definition) is 2. The Labute approximate surface area is 177 Å². The van der Waals surface area contributed by atoms with E-state index in [1.165, 1.54) is 21.3 Å². The summed E-state index contributed by atoms with van der Waals surface area (Å²) in [6.45, 7) is 0.117. The number of nitrogens with zero attached hydrogens (tertiary/aromatic N) is 2. The van der Waals surface area contributed by atoms with Crippen LogP contribution in [-0.2, 0) is 6.54 Å². The molecule has 3 aromatic rings. The third-order valence-corrected chi connectivity index (χ3v) is 4.94. The number of para-hydroxylation sites is 1. The van der Waals surface area contributed by atoms with E-state index in [0.29, 0.717) is 33.5 Å². The van der Waals surface area contributed by atoms with Crippen molar-refractivity contribution < 1.29 is 23.8 Å². The Morgan fingerprint density at radius 1 is 0.933 bits per heavy atom. The Balaban J connectivity index is 1.65. The first kappa shape index (κ1) is 21.1. The molecule has 3 rings (SSSR count). The Bertz CT molecular complexity index is 1010. The molecule has 2 aromatic carbocycles. The van der Waals surface area contributed by atoms with Gasteiger partial charge in [-0.1, -0.05) is 29.5 Å². The maximum Gasteiger partial charge on any atom is 0.286 e. The van der Waals surface area contributed by atoms with Gasteiger partial charge in [-0.2, -0.15) is 0 Å². The van der Waals surface area contributed by atoms with Gasteiger partial charge in [0.25, 0.3) is 11.8 Å². The number of carbonyl (C=O) groups excluding carboxylic acids is 2. The molecular formula is C20H20N4O5S. The summed E-state index contributed by atoms with van der Waals surface area (Å²) in [4.78, 5) is 24.8. The summed E-state index contributed by atoms with van der Waals surface area (Å²) < 4.78 is 15.8. The second-order valence-electron chi connectivity index (χ2n) is 5.92. The number of nitrogens with one attached hydrogen (secondary N) is 2. The van der Waals surface area contributed by atoms with E-state index in [9.17, 15) is 9.59 Å².